The van der Waals surface area contributed by atoms with E-state index in [4.69, 9.17) is 29.0 Å². The summed E-state index contributed by atoms with van der Waals surface area (Å²) in [5.41, 5.74) is 0. The van der Waals surface area contributed by atoms with Gasteiger partial charge in [-0.3, -0.25) is 0 Å². The van der Waals surface area contributed by atoms with Gasteiger partial charge >= 0.3 is 7.60 Å². The van der Waals surface area contributed by atoms with E-state index in [1.54, 1.807) is 67.1 Å². The lowest BCUT2D eigenvalue weighted by Gasteiger charge is -2.21. The first-order chi connectivity index (χ1) is 13.7. The van der Waals surface area contributed by atoms with Crippen molar-refractivity contribution in [1.82, 2.24) is 0 Å². The molecule has 8 heteroatoms. The molecule has 0 aliphatic rings. The van der Waals surface area contributed by atoms with Crippen molar-refractivity contribution < 1.29 is 23.1 Å². The van der Waals surface area contributed by atoms with Gasteiger partial charge in [0, 0.05) is 0 Å². The minimum absolute atomic E-state index is 0.0647. The molecule has 0 amide bonds. The fourth-order valence-electron chi connectivity index (χ4n) is 2.31. The maximum absolute atomic E-state index is 13.7. The van der Waals surface area contributed by atoms with E-state index in [0.717, 1.165) is 0 Å². The first-order valence-corrected chi connectivity index (χ1v) is 9.55. The molecular formula is C20H13N2O5P. The van der Waals surface area contributed by atoms with Gasteiger partial charge in [0.15, 0.2) is 23.0 Å². The zero-order valence-electron chi connectivity index (χ0n) is 14.4. The quantitative estimate of drug-likeness (QED) is 0.434. The summed E-state index contributed by atoms with van der Waals surface area (Å²) >= 11 is 0. The zero-order chi connectivity index (χ0) is 19.8. The van der Waals surface area contributed by atoms with Crippen LogP contribution in [0.5, 0.6) is 23.0 Å². The zero-order valence-corrected chi connectivity index (χ0v) is 15.3. The summed E-state index contributed by atoms with van der Waals surface area (Å²) in [7, 11) is -4.00. The second-order valence-corrected chi connectivity index (χ2v) is 7.17. The van der Waals surface area contributed by atoms with E-state index >= 15 is 0 Å². The van der Waals surface area contributed by atoms with Crippen LogP contribution in [0.15, 0.2) is 78.9 Å². The number of nitrogens with zero attached hydrogens (tertiary/aromatic N) is 2. The number of hydrogen-bond donors (Lipinski definition) is 0. The second kappa shape index (κ2) is 8.64. The Morgan fingerprint density at radius 3 is 1.43 bits per heavy atom. The van der Waals surface area contributed by atoms with Crippen LogP contribution in [0.2, 0.25) is 0 Å². The average molecular weight is 392 g/mol. The predicted octanol–water partition coefficient (Wildman–Crippen LogP) is 4.38. The van der Waals surface area contributed by atoms with Crippen LogP contribution >= 0.6 is 7.60 Å². The fraction of sp³-hybridized carbons (Fsp3) is 0. The molecular weight excluding hydrogens is 379 g/mol. The van der Waals surface area contributed by atoms with Crippen molar-refractivity contribution in [1.29, 1.82) is 10.5 Å². The summed E-state index contributed by atoms with van der Waals surface area (Å²) in [6.07, 6.45) is 3.12. The maximum atomic E-state index is 13.7. The topological polar surface area (TPSA) is 102 Å². The molecule has 0 bridgehead atoms. The second-order valence-electron chi connectivity index (χ2n) is 5.30. The van der Waals surface area contributed by atoms with E-state index in [9.17, 15) is 4.57 Å². The van der Waals surface area contributed by atoms with Crippen molar-refractivity contribution in [3.8, 4) is 35.5 Å². The normalized spacial score (nSPS) is 10.2. The van der Waals surface area contributed by atoms with E-state index in [0.29, 0.717) is 0 Å². The highest BCUT2D eigenvalue weighted by atomic mass is 31.2. The van der Waals surface area contributed by atoms with Crippen molar-refractivity contribution in [2.45, 2.75) is 0 Å². The van der Waals surface area contributed by atoms with Gasteiger partial charge in [0.1, 0.15) is 0 Å². The van der Waals surface area contributed by atoms with Crippen LogP contribution in [0.3, 0.4) is 0 Å². The highest BCUT2D eigenvalue weighted by Gasteiger charge is 2.33. The molecule has 0 aliphatic heterocycles. The summed E-state index contributed by atoms with van der Waals surface area (Å²) < 4.78 is 34.9. The third-order valence-electron chi connectivity index (χ3n) is 3.52. The molecule has 0 unspecified atom stereocenters. The molecule has 0 spiro atoms. The van der Waals surface area contributed by atoms with Gasteiger partial charge in [-0.2, -0.15) is 0 Å². The third kappa shape index (κ3) is 4.24. The van der Waals surface area contributed by atoms with Gasteiger partial charge in [0.2, 0.25) is 0 Å². The van der Waals surface area contributed by atoms with E-state index in [1.165, 1.54) is 24.3 Å². The third-order valence-corrected chi connectivity index (χ3v) is 5.32. The number of hydrogen-bond acceptors (Lipinski definition) is 7. The molecule has 0 N–H and O–H groups in total. The number of para-hydroxylation sites is 4. The molecule has 0 saturated carbocycles. The van der Waals surface area contributed by atoms with Crippen LogP contribution in [0.25, 0.3) is 0 Å². The van der Waals surface area contributed by atoms with Crippen molar-refractivity contribution in [2.24, 2.45) is 0 Å². The lowest BCUT2D eigenvalue weighted by molar-refractivity contribution is 0.377. The molecule has 0 aliphatic carbocycles. The van der Waals surface area contributed by atoms with Gasteiger partial charge in [0.25, 0.3) is 12.5 Å². The summed E-state index contributed by atoms with van der Waals surface area (Å²) in [6, 6.07) is 20.9. The summed E-state index contributed by atoms with van der Waals surface area (Å²) in [5.74, 6) is 0.308. The van der Waals surface area contributed by atoms with Crippen molar-refractivity contribution in [2.75, 3.05) is 0 Å². The maximum Gasteiger partial charge on any atom is 0.463 e. The summed E-state index contributed by atoms with van der Waals surface area (Å²) in [4.78, 5) is 0. The number of ether oxygens (including phenoxy) is 2. The molecule has 0 fully saturated rings. The molecule has 3 rings (SSSR count). The van der Waals surface area contributed by atoms with Gasteiger partial charge in [-0.1, -0.05) is 42.5 Å². The van der Waals surface area contributed by atoms with Crippen LogP contribution in [0.4, 0.5) is 0 Å². The number of nitriles is 2. The van der Waals surface area contributed by atoms with Gasteiger partial charge in [-0.15, -0.1) is 10.5 Å². The van der Waals surface area contributed by atoms with Crippen LogP contribution in [0, 0.1) is 23.0 Å². The molecule has 0 radical (unpaired) electrons. The first-order valence-electron chi connectivity index (χ1n) is 8.01. The minimum Gasteiger partial charge on any atom is -0.409 e. The Hall–Kier alpha value is -3.93. The monoisotopic (exact) mass is 392 g/mol. The molecule has 0 atom stereocenters. The Kier molecular flexibility index (Phi) is 5.81. The van der Waals surface area contributed by atoms with E-state index in [2.05, 4.69) is 0 Å². The van der Waals surface area contributed by atoms with Gasteiger partial charge < -0.3 is 18.5 Å². The molecule has 0 saturated heterocycles. The molecule has 7 nitrogen and oxygen atoms in total. The Morgan fingerprint density at radius 2 is 1.00 bits per heavy atom. The van der Waals surface area contributed by atoms with E-state index < -0.39 is 7.60 Å². The van der Waals surface area contributed by atoms with Gasteiger partial charge in [0.05, 0.1) is 5.30 Å². The standard InChI is InChI=1S/C20H13N2O5P/c21-14-24-17-10-4-6-12-19(17)26-28(23,16-8-2-1-3-9-16)27-20-13-7-5-11-18(20)25-15-22/h1-13H. The van der Waals surface area contributed by atoms with E-state index in [1.807, 2.05) is 0 Å². The first kappa shape index (κ1) is 18.8. The Bertz CT molecular complexity index is 1020. The number of rotatable bonds is 7. The Labute approximate surface area is 161 Å². The fourth-order valence-corrected chi connectivity index (χ4v) is 3.92. The lowest BCUT2D eigenvalue weighted by Crippen LogP contribution is -2.15. The van der Waals surface area contributed by atoms with Crippen molar-refractivity contribution >= 4 is 12.9 Å². The summed E-state index contributed by atoms with van der Waals surface area (Å²) in [6.45, 7) is 0. The van der Waals surface area contributed by atoms with Crippen LogP contribution in [-0.2, 0) is 4.57 Å². The summed E-state index contributed by atoms with van der Waals surface area (Å²) in [5, 5.41) is 17.9. The van der Waals surface area contributed by atoms with Crippen LogP contribution < -0.4 is 23.8 Å². The largest absolute Gasteiger partial charge is 0.463 e. The Balaban J connectivity index is 2.05. The smallest absolute Gasteiger partial charge is 0.409 e. The van der Waals surface area contributed by atoms with Crippen LogP contribution in [-0.4, -0.2) is 0 Å². The van der Waals surface area contributed by atoms with Crippen molar-refractivity contribution in [3.05, 3.63) is 78.9 Å². The number of benzene rings is 3. The molecule has 138 valence electrons. The molecule has 28 heavy (non-hydrogen) atoms. The SMILES string of the molecule is N#COc1ccccc1OP(=O)(Oc1ccccc1OC#N)c1ccccc1. The Morgan fingerprint density at radius 1 is 0.607 bits per heavy atom. The van der Waals surface area contributed by atoms with Crippen molar-refractivity contribution in [3.63, 3.8) is 0 Å². The lowest BCUT2D eigenvalue weighted by atomic mass is 10.3. The van der Waals surface area contributed by atoms with Gasteiger partial charge in [-0.25, -0.2) is 4.57 Å². The molecule has 3 aromatic carbocycles. The average Bonchev–Trinajstić information content (AvgIpc) is 2.72. The predicted molar refractivity (Wildman–Crippen MR) is 100 cm³/mol. The van der Waals surface area contributed by atoms with Crippen LogP contribution in [0.1, 0.15) is 0 Å². The molecule has 3 aromatic rings. The highest BCUT2D eigenvalue weighted by Crippen LogP contribution is 2.51. The highest BCUT2D eigenvalue weighted by molar-refractivity contribution is 7.63. The van der Waals surface area contributed by atoms with E-state index in [-0.39, 0.29) is 28.3 Å². The minimum atomic E-state index is -4.00. The van der Waals surface area contributed by atoms with Gasteiger partial charge in [-0.05, 0) is 36.4 Å². The molecule has 0 aromatic heterocycles. The molecule has 0 heterocycles.